The highest BCUT2D eigenvalue weighted by molar-refractivity contribution is 5.97. The fraction of sp³-hybridized carbons (Fsp3) is 0.103. The van der Waals surface area contributed by atoms with Gasteiger partial charge in [0.2, 0.25) is 0 Å². The Hall–Kier alpha value is -8.53. The topological polar surface area (TPSA) is 38.7 Å². The molecule has 1 spiro atoms. The van der Waals surface area contributed by atoms with Crippen LogP contribution in [-0.4, -0.2) is 15.0 Å². The molecule has 0 saturated heterocycles. The van der Waals surface area contributed by atoms with Crippen LogP contribution in [-0.2, 0) is 10.8 Å². The molecule has 2 atom stereocenters. The van der Waals surface area contributed by atoms with E-state index in [2.05, 4.69) is 244 Å². The lowest BCUT2D eigenvalue weighted by Gasteiger charge is -2.46. The summed E-state index contributed by atoms with van der Waals surface area (Å²) in [6.45, 7) is 4.77. The first-order chi connectivity index (χ1) is 34.9. The first kappa shape index (κ1) is 41.4. The van der Waals surface area contributed by atoms with Crippen LogP contribution in [0.25, 0.3) is 67.3 Å². The average molecular weight is 908 g/mol. The van der Waals surface area contributed by atoms with Gasteiger partial charge in [-0.3, -0.25) is 0 Å². The molecule has 0 radical (unpaired) electrons. The van der Waals surface area contributed by atoms with Crippen LogP contribution in [0.1, 0.15) is 76.5 Å². The van der Waals surface area contributed by atoms with Crippen LogP contribution >= 0.6 is 0 Å². The maximum atomic E-state index is 5.52. The third-order valence-corrected chi connectivity index (χ3v) is 16.0. The van der Waals surface area contributed by atoms with E-state index in [9.17, 15) is 0 Å². The molecule has 9 aromatic rings. The molecule has 0 N–H and O–H groups in total. The Morgan fingerprint density at radius 3 is 1.76 bits per heavy atom. The normalized spacial score (nSPS) is 18.0. The van der Waals surface area contributed by atoms with Crippen LogP contribution in [0, 0.1) is 5.92 Å². The molecule has 4 aliphatic carbocycles. The van der Waals surface area contributed by atoms with Gasteiger partial charge in [-0.15, -0.1) is 0 Å². The van der Waals surface area contributed by atoms with E-state index in [1.165, 1.54) is 89.0 Å². The van der Waals surface area contributed by atoms with E-state index >= 15 is 0 Å². The lowest BCUT2D eigenvalue weighted by molar-refractivity contribution is 0.563. The maximum absolute atomic E-state index is 5.52. The van der Waals surface area contributed by atoms with Crippen LogP contribution in [0.15, 0.2) is 242 Å². The third kappa shape index (κ3) is 6.39. The molecule has 3 heteroatoms. The number of rotatable bonds is 4. The van der Waals surface area contributed by atoms with Gasteiger partial charge in [-0.25, -0.2) is 15.0 Å². The lowest BCUT2D eigenvalue weighted by atomic mass is 9.55. The Labute approximate surface area is 415 Å². The number of fused-ring (bicyclic) bond motifs is 15. The van der Waals surface area contributed by atoms with Crippen molar-refractivity contribution in [3.8, 4) is 56.2 Å². The Morgan fingerprint density at radius 2 is 1.03 bits per heavy atom. The summed E-state index contributed by atoms with van der Waals surface area (Å²) in [5.41, 5.74) is 22.5. The highest BCUT2D eigenvalue weighted by Crippen LogP contribution is 2.63. The maximum Gasteiger partial charge on any atom is 0.164 e. The number of allylic oxidation sites excluding steroid dienone is 10. The molecular weight excluding hydrogens is 859 g/mol. The second-order valence-electron chi connectivity index (χ2n) is 20.2. The standard InChI is InChI=1S/C68H49N3/c1-67(2)58-26-11-13-28-60(58)68(61-29-14-12-27-59(61)67)57-38-36-50-42-56(57)63-54(25-16-30-62(63)68)66-70-64(46-19-7-4-8-20-46)69-65(71-66)52-22-10-9-21-51(40-52)55-41-49(50)35-37-53(55)45-33-31-44(32-34-45)48-24-15-23-47(39-48)43-17-5-3-6-18-43/h3-36,38-42,51,53H,37H2,1-2H3. The van der Waals surface area contributed by atoms with Crippen molar-refractivity contribution in [3.05, 3.63) is 293 Å². The van der Waals surface area contributed by atoms with E-state index < -0.39 is 5.41 Å². The predicted octanol–water partition coefficient (Wildman–Crippen LogP) is 16.2. The Morgan fingerprint density at radius 1 is 0.437 bits per heavy atom. The van der Waals surface area contributed by atoms with Crippen LogP contribution in [0.5, 0.6) is 0 Å². The zero-order valence-electron chi connectivity index (χ0n) is 39.7. The van der Waals surface area contributed by atoms with Crippen molar-refractivity contribution in [3.63, 3.8) is 0 Å². The van der Waals surface area contributed by atoms with E-state index in [0.29, 0.717) is 17.5 Å². The quantitative estimate of drug-likeness (QED) is 0.177. The Bertz CT molecular complexity index is 3760. The number of hydrogen-bond acceptors (Lipinski definition) is 3. The molecule has 14 rings (SSSR count). The molecular formula is C68H49N3. The van der Waals surface area contributed by atoms with Crippen molar-refractivity contribution in [2.24, 2.45) is 5.92 Å². The number of aromatic nitrogens is 3. The molecule has 0 saturated carbocycles. The fourth-order valence-electron chi connectivity index (χ4n) is 12.7. The molecule has 5 aliphatic rings. The van der Waals surface area contributed by atoms with Gasteiger partial charge in [0, 0.05) is 34.0 Å². The molecule has 0 fully saturated rings. The summed E-state index contributed by atoms with van der Waals surface area (Å²) in [4.78, 5) is 16.2. The summed E-state index contributed by atoms with van der Waals surface area (Å²) in [6.07, 6.45) is 17.1. The van der Waals surface area contributed by atoms with Crippen molar-refractivity contribution in [2.45, 2.75) is 37.0 Å². The van der Waals surface area contributed by atoms with Gasteiger partial charge in [-0.2, -0.15) is 0 Å². The van der Waals surface area contributed by atoms with E-state index in [-0.39, 0.29) is 17.3 Å². The van der Waals surface area contributed by atoms with Crippen molar-refractivity contribution < 1.29 is 0 Å². The largest absolute Gasteiger partial charge is 0.208 e. The first-order valence-electron chi connectivity index (χ1n) is 25.0. The summed E-state index contributed by atoms with van der Waals surface area (Å²) in [5, 5.41) is 0. The van der Waals surface area contributed by atoms with Crippen molar-refractivity contribution in [1.29, 1.82) is 0 Å². The van der Waals surface area contributed by atoms with Crippen LogP contribution < -0.4 is 0 Å². The predicted molar refractivity (Wildman–Crippen MR) is 291 cm³/mol. The molecule has 8 aromatic carbocycles. The molecule has 2 unspecified atom stereocenters. The molecule has 0 amide bonds. The second-order valence-corrected chi connectivity index (χ2v) is 20.2. The summed E-state index contributed by atoms with van der Waals surface area (Å²) in [5.74, 6) is 2.12. The summed E-state index contributed by atoms with van der Waals surface area (Å²) in [7, 11) is 0. The highest BCUT2D eigenvalue weighted by Gasteiger charge is 2.54. The molecule has 8 bridgehead atoms. The molecule has 1 aromatic heterocycles. The molecule has 1 aliphatic heterocycles. The summed E-state index contributed by atoms with van der Waals surface area (Å²) >= 11 is 0. The average Bonchev–Trinajstić information content (AvgIpc) is 3.53. The van der Waals surface area contributed by atoms with E-state index in [4.69, 9.17) is 15.0 Å². The Kier molecular flexibility index (Phi) is 9.35. The molecule has 336 valence electrons. The van der Waals surface area contributed by atoms with Crippen LogP contribution in [0.4, 0.5) is 0 Å². The fourth-order valence-corrected chi connectivity index (χ4v) is 12.7. The number of benzene rings is 8. The smallest absolute Gasteiger partial charge is 0.164 e. The minimum absolute atomic E-state index is 0.0190. The SMILES string of the molecule is CC1(C)c2ccccc2C2(c3ccc4cc3-c3c(cccc32)-c2nc(nc(-c3ccccc3)n2)C2=CC(C=CC=C2)C2=CC4=CCC2c2ccc(-c3cccc(-c4ccccc4)c3)cc2)c2ccccc21. The summed E-state index contributed by atoms with van der Waals surface area (Å²) < 4.78 is 0. The van der Waals surface area contributed by atoms with Crippen LogP contribution in [0.3, 0.4) is 0 Å². The summed E-state index contributed by atoms with van der Waals surface area (Å²) in [6, 6.07) is 71.7. The van der Waals surface area contributed by atoms with Gasteiger partial charge in [-0.05, 0) is 102 Å². The first-order valence-corrected chi connectivity index (χ1v) is 25.0. The van der Waals surface area contributed by atoms with E-state index in [1.807, 2.05) is 6.07 Å². The minimum atomic E-state index is -0.569. The van der Waals surface area contributed by atoms with Crippen molar-refractivity contribution in [1.82, 2.24) is 15.0 Å². The van der Waals surface area contributed by atoms with Gasteiger partial charge in [0.15, 0.2) is 17.5 Å². The van der Waals surface area contributed by atoms with Gasteiger partial charge >= 0.3 is 0 Å². The molecule has 71 heavy (non-hydrogen) atoms. The van der Waals surface area contributed by atoms with Gasteiger partial charge < -0.3 is 0 Å². The van der Waals surface area contributed by atoms with Crippen molar-refractivity contribution >= 4 is 11.1 Å². The lowest BCUT2D eigenvalue weighted by Crippen LogP contribution is -2.40. The van der Waals surface area contributed by atoms with Crippen molar-refractivity contribution in [2.75, 3.05) is 0 Å². The second kappa shape index (κ2) is 16.0. The van der Waals surface area contributed by atoms with E-state index in [1.54, 1.807) is 0 Å². The third-order valence-electron chi connectivity index (χ3n) is 16.0. The highest BCUT2D eigenvalue weighted by atomic mass is 15.0. The van der Waals surface area contributed by atoms with Gasteiger partial charge in [-0.1, -0.05) is 244 Å². The zero-order chi connectivity index (χ0) is 47.3. The molecule has 3 nitrogen and oxygen atoms in total. The van der Waals surface area contributed by atoms with Gasteiger partial charge in [0.1, 0.15) is 0 Å². The molecule has 2 heterocycles. The Balaban J connectivity index is 0.993. The van der Waals surface area contributed by atoms with Gasteiger partial charge in [0.05, 0.1) is 5.41 Å². The van der Waals surface area contributed by atoms with E-state index in [0.717, 1.165) is 23.1 Å². The minimum Gasteiger partial charge on any atom is -0.208 e. The van der Waals surface area contributed by atoms with Gasteiger partial charge in [0.25, 0.3) is 0 Å². The zero-order valence-corrected chi connectivity index (χ0v) is 39.7. The van der Waals surface area contributed by atoms with Crippen LogP contribution in [0.2, 0.25) is 0 Å². The number of hydrogen-bond donors (Lipinski definition) is 0. The number of nitrogens with zero attached hydrogens (tertiary/aromatic N) is 3. The monoisotopic (exact) mass is 907 g/mol.